The molecule has 3 aromatic rings. The number of fused-ring (bicyclic) bond motifs is 2. The van der Waals surface area contributed by atoms with Crippen LogP contribution in [0, 0.1) is 0 Å². The summed E-state index contributed by atoms with van der Waals surface area (Å²) in [5.74, 6) is 0. The molecule has 4 nitrogen and oxygen atoms in total. The number of aromatic nitrogens is 2. The highest BCUT2D eigenvalue weighted by Gasteiger charge is 2.10. The Morgan fingerprint density at radius 3 is 1.64 bits per heavy atom. The Kier molecular flexibility index (Phi) is 1.16. The monoisotopic (exact) mass is 186 g/mol. The van der Waals surface area contributed by atoms with Crippen LogP contribution in [0.25, 0.3) is 21.8 Å². The number of nitrogens with one attached hydrogen (secondary N) is 2. The molecule has 0 unspecified atom stereocenters. The third-order valence-corrected chi connectivity index (χ3v) is 2.61. The molecule has 0 amide bonds. The zero-order chi connectivity index (χ0) is 9.71. The number of aromatic amines is 2. The van der Waals surface area contributed by atoms with Gasteiger partial charge in [-0.2, -0.15) is 0 Å². The van der Waals surface area contributed by atoms with Crippen molar-refractivity contribution in [3.8, 4) is 0 Å². The van der Waals surface area contributed by atoms with Crippen molar-refractivity contribution in [1.29, 1.82) is 0 Å². The molecule has 0 aliphatic carbocycles. The van der Waals surface area contributed by atoms with Gasteiger partial charge in [-0.15, -0.1) is 0 Å². The zero-order valence-electron chi connectivity index (χ0n) is 7.46. The van der Waals surface area contributed by atoms with Gasteiger partial charge in [-0.1, -0.05) is 0 Å². The van der Waals surface area contributed by atoms with E-state index in [1.54, 1.807) is 0 Å². The summed E-state index contributed by atoms with van der Waals surface area (Å²) in [6.45, 7) is 0. The summed E-state index contributed by atoms with van der Waals surface area (Å²) in [5.41, 5.74) is 15.3. The molecule has 70 valence electrons. The van der Waals surface area contributed by atoms with Gasteiger partial charge in [0.1, 0.15) is 0 Å². The SMILES string of the molecule is Nc1c2cc[nH]c2c(N)c2cc[nH]c12. The first-order valence-corrected chi connectivity index (χ1v) is 4.40. The number of nitrogen functional groups attached to an aromatic ring is 2. The minimum absolute atomic E-state index is 0.746. The van der Waals surface area contributed by atoms with Gasteiger partial charge >= 0.3 is 0 Å². The topological polar surface area (TPSA) is 83.6 Å². The normalized spacial score (nSPS) is 11.4. The summed E-state index contributed by atoms with van der Waals surface area (Å²) in [5, 5.41) is 1.94. The lowest BCUT2D eigenvalue weighted by Crippen LogP contribution is -1.93. The molecule has 0 aliphatic heterocycles. The lowest BCUT2D eigenvalue weighted by Gasteiger charge is -2.03. The van der Waals surface area contributed by atoms with Gasteiger partial charge in [0, 0.05) is 23.2 Å². The smallest absolute Gasteiger partial charge is 0.0716 e. The van der Waals surface area contributed by atoms with Crippen LogP contribution in [0.4, 0.5) is 11.4 Å². The predicted octanol–water partition coefficient (Wildman–Crippen LogP) is 1.81. The van der Waals surface area contributed by atoms with E-state index < -0.39 is 0 Å². The van der Waals surface area contributed by atoms with Gasteiger partial charge in [0.05, 0.1) is 22.4 Å². The molecule has 14 heavy (non-hydrogen) atoms. The first kappa shape index (κ1) is 7.32. The van der Waals surface area contributed by atoms with E-state index in [0.29, 0.717) is 0 Å². The number of hydrogen-bond donors (Lipinski definition) is 4. The second-order valence-corrected chi connectivity index (χ2v) is 3.36. The lowest BCUT2D eigenvalue weighted by molar-refractivity contribution is 1.47. The highest BCUT2D eigenvalue weighted by atomic mass is 14.8. The van der Waals surface area contributed by atoms with Crippen LogP contribution in [0.5, 0.6) is 0 Å². The highest BCUT2D eigenvalue weighted by Crippen LogP contribution is 2.34. The number of anilines is 2. The molecule has 0 saturated heterocycles. The second kappa shape index (κ2) is 2.23. The average Bonchev–Trinajstić information content (AvgIpc) is 2.82. The van der Waals surface area contributed by atoms with Crippen molar-refractivity contribution >= 4 is 33.2 Å². The summed E-state index contributed by atoms with van der Waals surface area (Å²) in [6.07, 6.45) is 3.69. The Balaban J connectivity index is 2.72. The summed E-state index contributed by atoms with van der Waals surface area (Å²) in [7, 11) is 0. The maximum absolute atomic E-state index is 6.01. The first-order valence-electron chi connectivity index (χ1n) is 4.40. The predicted molar refractivity (Wildman–Crippen MR) is 59.0 cm³/mol. The van der Waals surface area contributed by atoms with Crippen LogP contribution >= 0.6 is 0 Å². The van der Waals surface area contributed by atoms with Gasteiger partial charge in [0.15, 0.2) is 0 Å². The number of benzene rings is 1. The Hall–Kier alpha value is -2.10. The Bertz CT molecular complexity index is 515. The summed E-state index contributed by atoms with van der Waals surface area (Å²) in [6, 6.07) is 3.86. The number of hydrogen-bond acceptors (Lipinski definition) is 2. The standard InChI is InChI=1S/C10H10N4/c11-7-5-1-3-13-9(5)8(12)6-2-4-14-10(6)7/h1-4,13-14H,11-12H2. The lowest BCUT2D eigenvalue weighted by atomic mass is 10.1. The Labute approximate surface area is 79.9 Å². The molecule has 0 fully saturated rings. The molecular formula is C10H10N4. The fourth-order valence-electron chi connectivity index (χ4n) is 1.90. The number of nitrogens with two attached hydrogens (primary N) is 2. The van der Waals surface area contributed by atoms with E-state index in [9.17, 15) is 0 Å². The van der Waals surface area contributed by atoms with Crippen molar-refractivity contribution in [3.63, 3.8) is 0 Å². The molecule has 0 aliphatic rings. The van der Waals surface area contributed by atoms with Crippen molar-refractivity contribution in [2.24, 2.45) is 0 Å². The third-order valence-electron chi connectivity index (χ3n) is 2.61. The fraction of sp³-hybridized carbons (Fsp3) is 0. The molecule has 0 radical (unpaired) electrons. The maximum atomic E-state index is 6.01. The van der Waals surface area contributed by atoms with Crippen molar-refractivity contribution in [3.05, 3.63) is 24.5 Å². The molecule has 3 rings (SSSR count). The second-order valence-electron chi connectivity index (χ2n) is 3.36. The van der Waals surface area contributed by atoms with Crippen LogP contribution in [0.15, 0.2) is 24.5 Å². The first-order chi connectivity index (χ1) is 6.79. The largest absolute Gasteiger partial charge is 0.396 e. The molecule has 4 heteroatoms. The van der Waals surface area contributed by atoms with E-state index in [1.807, 2.05) is 24.5 Å². The van der Waals surface area contributed by atoms with Crippen LogP contribution in [-0.4, -0.2) is 9.97 Å². The van der Waals surface area contributed by atoms with Crippen molar-refractivity contribution in [2.75, 3.05) is 11.5 Å². The molecule has 0 atom stereocenters. The quantitative estimate of drug-likeness (QED) is 0.319. The van der Waals surface area contributed by atoms with E-state index in [4.69, 9.17) is 11.5 Å². The third kappa shape index (κ3) is 0.682. The average molecular weight is 186 g/mol. The van der Waals surface area contributed by atoms with Gasteiger partial charge in [0.25, 0.3) is 0 Å². The van der Waals surface area contributed by atoms with E-state index in [1.165, 1.54) is 0 Å². The minimum atomic E-state index is 0.746. The fourth-order valence-corrected chi connectivity index (χ4v) is 1.90. The van der Waals surface area contributed by atoms with E-state index in [-0.39, 0.29) is 0 Å². The molecule has 6 N–H and O–H groups in total. The Morgan fingerprint density at radius 2 is 1.21 bits per heavy atom. The molecular weight excluding hydrogens is 176 g/mol. The van der Waals surface area contributed by atoms with Gasteiger partial charge in [-0.3, -0.25) is 0 Å². The maximum Gasteiger partial charge on any atom is 0.0716 e. The van der Waals surface area contributed by atoms with E-state index >= 15 is 0 Å². The van der Waals surface area contributed by atoms with Gasteiger partial charge < -0.3 is 21.4 Å². The minimum Gasteiger partial charge on any atom is -0.396 e. The highest BCUT2D eigenvalue weighted by molar-refractivity contribution is 6.16. The van der Waals surface area contributed by atoms with Crippen molar-refractivity contribution < 1.29 is 0 Å². The van der Waals surface area contributed by atoms with Crippen molar-refractivity contribution in [2.45, 2.75) is 0 Å². The van der Waals surface area contributed by atoms with Crippen LogP contribution in [0.2, 0.25) is 0 Å². The summed E-state index contributed by atoms with van der Waals surface area (Å²) >= 11 is 0. The number of rotatable bonds is 0. The van der Waals surface area contributed by atoms with Crippen LogP contribution in [0.1, 0.15) is 0 Å². The summed E-state index contributed by atoms with van der Waals surface area (Å²) in [4.78, 5) is 6.18. The molecule has 2 aromatic heterocycles. The van der Waals surface area contributed by atoms with Crippen LogP contribution in [0.3, 0.4) is 0 Å². The van der Waals surface area contributed by atoms with Crippen molar-refractivity contribution in [1.82, 2.24) is 9.97 Å². The molecule has 1 aromatic carbocycles. The summed E-state index contributed by atoms with van der Waals surface area (Å²) < 4.78 is 0. The van der Waals surface area contributed by atoms with Gasteiger partial charge in [-0.05, 0) is 12.1 Å². The van der Waals surface area contributed by atoms with Gasteiger partial charge in [0.2, 0.25) is 0 Å². The van der Waals surface area contributed by atoms with E-state index in [0.717, 1.165) is 33.2 Å². The zero-order valence-corrected chi connectivity index (χ0v) is 7.46. The molecule has 0 bridgehead atoms. The Morgan fingerprint density at radius 1 is 0.786 bits per heavy atom. The molecule has 2 heterocycles. The molecule has 0 saturated carbocycles. The van der Waals surface area contributed by atoms with Crippen LogP contribution in [-0.2, 0) is 0 Å². The van der Waals surface area contributed by atoms with Crippen LogP contribution < -0.4 is 11.5 Å². The molecule has 0 spiro atoms. The van der Waals surface area contributed by atoms with Gasteiger partial charge in [-0.25, -0.2) is 0 Å². The van der Waals surface area contributed by atoms with E-state index in [2.05, 4.69) is 9.97 Å². The number of H-pyrrole nitrogens is 2.